The molecule has 1 aliphatic heterocycles. The summed E-state index contributed by atoms with van der Waals surface area (Å²) in [7, 11) is 0. The second-order valence-corrected chi connectivity index (χ2v) is 5.46. The molecule has 106 valence electrons. The van der Waals surface area contributed by atoms with Crippen molar-refractivity contribution in [1.29, 1.82) is 0 Å². The van der Waals surface area contributed by atoms with Gasteiger partial charge in [0.05, 0.1) is 11.1 Å². The van der Waals surface area contributed by atoms with E-state index < -0.39 is 5.60 Å². The number of hydrogen-bond donors (Lipinski definition) is 2. The van der Waals surface area contributed by atoms with Crippen LogP contribution < -0.4 is 4.90 Å². The predicted octanol–water partition coefficient (Wildman–Crippen LogP) is 2.08. The van der Waals surface area contributed by atoms with E-state index in [-0.39, 0.29) is 5.75 Å². The van der Waals surface area contributed by atoms with E-state index >= 15 is 0 Å². The zero-order valence-corrected chi connectivity index (χ0v) is 11.6. The Balaban J connectivity index is 1.93. The number of anilines is 1. The normalized spacial score (nSPS) is 18.4. The quantitative estimate of drug-likeness (QED) is 0.876. The average molecular weight is 273 g/mol. The van der Waals surface area contributed by atoms with Crippen molar-refractivity contribution in [3.63, 3.8) is 0 Å². The lowest BCUT2D eigenvalue weighted by Gasteiger charge is -2.38. The maximum atomic E-state index is 10.3. The van der Waals surface area contributed by atoms with Crippen LogP contribution in [0.1, 0.15) is 26.2 Å². The molecular weight excluding hydrogens is 254 g/mol. The van der Waals surface area contributed by atoms with Crippen LogP contribution in [0, 0.1) is 0 Å². The fourth-order valence-electron chi connectivity index (χ4n) is 2.77. The van der Waals surface area contributed by atoms with Crippen LogP contribution in [0.15, 0.2) is 24.5 Å². The molecule has 5 nitrogen and oxygen atoms in total. The fourth-order valence-corrected chi connectivity index (χ4v) is 2.77. The first-order valence-electron chi connectivity index (χ1n) is 7.02. The summed E-state index contributed by atoms with van der Waals surface area (Å²) >= 11 is 0. The number of phenolic OH excluding ortho intramolecular Hbond substituents is 1. The topological polar surface area (TPSA) is 69.5 Å². The molecular formula is C15H19N3O2. The Hall–Kier alpha value is -1.88. The highest BCUT2D eigenvalue weighted by Gasteiger charge is 2.31. The Morgan fingerprint density at radius 2 is 2.00 bits per heavy atom. The Kier molecular flexibility index (Phi) is 3.22. The van der Waals surface area contributed by atoms with Gasteiger partial charge in [0.2, 0.25) is 0 Å². The number of hydrogen-bond acceptors (Lipinski definition) is 5. The summed E-state index contributed by atoms with van der Waals surface area (Å²) in [6, 6.07) is 5.12. The van der Waals surface area contributed by atoms with E-state index in [1.54, 1.807) is 24.5 Å². The van der Waals surface area contributed by atoms with Gasteiger partial charge in [-0.25, -0.2) is 9.97 Å². The van der Waals surface area contributed by atoms with Crippen LogP contribution in [-0.2, 0) is 0 Å². The number of rotatable bonds is 2. The summed E-state index contributed by atoms with van der Waals surface area (Å²) < 4.78 is 0. The first kappa shape index (κ1) is 13.1. The minimum absolute atomic E-state index is 0.218. The van der Waals surface area contributed by atoms with Gasteiger partial charge < -0.3 is 15.1 Å². The maximum Gasteiger partial charge on any atom is 0.140 e. The third kappa shape index (κ3) is 2.29. The summed E-state index contributed by atoms with van der Waals surface area (Å²) in [5.74, 6) is 1.06. The van der Waals surface area contributed by atoms with Crippen molar-refractivity contribution in [3.8, 4) is 5.75 Å². The van der Waals surface area contributed by atoms with E-state index in [4.69, 9.17) is 0 Å². The van der Waals surface area contributed by atoms with Gasteiger partial charge in [-0.15, -0.1) is 0 Å². The highest BCUT2D eigenvalue weighted by molar-refractivity contribution is 5.90. The highest BCUT2D eigenvalue weighted by atomic mass is 16.3. The van der Waals surface area contributed by atoms with E-state index in [2.05, 4.69) is 14.9 Å². The van der Waals surface area contributed by atoms with Crippen LogP contribution in [0.25, 0.3) is 10.9 Å². The third-order valence-corrected chi connectivity index (χ3v) is 4.25. The van der Waals surface area contributed by atoms with Crippen molar-refractivity contribution >= 4 is 16.7 Å². The summed E-state index contributed by atoms with van der Waals surface area (Å²) in [6.45, 7) is 3.56. The summed E-state index contributed by atoms with van der Waals surface area (Å²) in [4.78, 5) is 10.8. The minimum atomic E-state index is -0.540. The van der Waals surface area contributed by atoms with Gasteiger partial charge in [-0.1, -0.05) is 6.92 Å². The molecule has 2 heterocycles. The van der Waals surface area contributed by atoms with Crippen molar-refractivity contribution in [2.45, 2.75) is 31.8 Å². The molecule has 0 atom stereocenters. The number of phenols is 1. The molecule has 1 saturated heterocycles. The van der Waals surface area contributed by atoms with E-state index in [1.807, 2.05) is 6.92 Å². The van der Waals surface area contributed by atoms with E-state index in [1.165, 1.54) is 0 Å². The number of fused-ring (bicyclic) bond motifs is 1. The van der Waals surface area contributed by atoms with Crippen LogP contribution in [0.3, 0.4) is 0 Å². The molecule has 0 amide bonds. The molecule has 2 aromatic rings. The fraction of sp³-hybridized carbons (Fsp3) is 0.467. The Morgan fingerprint density at radius 3 is 2.70 bits per heavy atom. The molecule has 0 bridgehead atoms. The van der Waals surface area contributed by atoms with Crippen molar-refractivity contribution in [2.75, 3.05) is 18.0 Å². The molecule has 0 unspecified atom stereocenters. The Bertz CT molecular complexity index is 622. The molecule has 1 aromatic carbocycles. The van der Waals surface area contributed by atoms with Crippen molar-refractivity contribution in [1.82, 2.24) is 9.97 Å². The van der Waals surface area contributed by atoms with Gasteiger partial charge >= 0.3 is 0 Å². The van der Waals surface area contributed by atoms with Gasteiger partial charge in [0, 0.05) is 18.5 Å². The third-order valence-electron chi connectivity index (χ3n) is 4.25. The zero-order chi connectivity index (χ0) is 14.2. The molecule has 1 aliphatic rings. The number of aliphatic hydroxyl groups is 1. The Morgan fingerprint density at radius 1 is 1.25 bits per heavy atom. The molecule has 5 heteroatoms. The number of aromatic nitrogens is 2. The van der Waals surface area contributed by atoms with Crippen LogP contribution in [-0.4, -0.2) is 38.9 Å². The van der Waals surface area contributed by atoms with E-state index in [0.29, 0.717) is 0 Å². The second-order valence-electron chi connectivity index (χ2n) is 5.46. The van der Waals surface area contributed by atoms with Gasteiger partial charge in [-0.05, 0) is 37.5 Å². The largest absolute Gasteiger partial charge is 0.508 e. The van der Waals surface area contributed by atoms with E-state index in [0.717, 1.165) is 49.1 Å². The predicted molar refractivity (Wildman–Crippen MR) is 77.9 cm³/mol. The number of aromatic hydroxyl groups is 1. The molecule has 0 radical (unpaired) electrons. The highest BCUT2D eigenvalue weighted by Crippen LogP contribution is 2.31. The monoisotopic (exact) mass is 273 g/mol. The molecule has 20 heavy (non-hydrogen) atoms. The minimum Gasteiger partial charge on any atom is -0.508 e. The molecule has 0 saturated carbocycles. The summed E-state index contributed by atoms with van der Waals surface area (Å²) in [5, 5.41) is 20.8. The molecule has 1 fully saturated rings. The lowest BCUT2D eigenvalue weighted by atomic mass is 9.89. The smallest absolute Gasteiger partial charge is 0.140 e. The number of piperidine rings is 1. The first-order chi connectivity index (χ1) is 9.61. The summed E-state index contributed by atoms with van der Waals surface area (Å²) in [6.07, 6.45) is 3.82. The van der Waals surface area contributed by atoms with Gasteiger partial charge in [-0.2, -0.15) is 0 Å². The Labute approximate surface area is 117 Å². The number of nitrogens with zero attached hydrogens (tertiary/aromatic N) is 3. The first-order valence-corrected chi connectivity index (χ1v) is 7.02. The van der Waals surface area contributed by atoms with Gasteiger partial charge in [0.1, 0.15) is 17.9 Å². The second kappa shape index (κ2) is 4.90. The molecule has 2 N–H and O–H groups in total. The van der Waals surface area contributed by atoms with Crippen LogP contribution in [0.4, 0.5) is 5.82 Å². The van der Waals surface area contributed by atoms with Crippen molar-refractivity contribution in [3.05, 3.63) is 24.5 Å². The standard InChI is InChI=1S/C15H19N3O2/c1-2-15(20)5-7-18(8-6-15)14-12-9-11(19)3-4-13(12)16-10-17-14/h3-4,9-10,19-20H,2,5-8H2,1H3. The molecule has 0 aliphatic carbocycles. The lowest BCUT2D eigenvalue weighted by molar-refractivity contribution is 0.0125. The lowest BCUT2D eigenvalue weighted by Crippen LogP contribution is -2.44. The van der Waals surface area contributed by atoms with Crippen LogP contribution in [0.5, 0.6) is 5.75 Å². The van der Waals surface area contributed by atoms with Crippen molar-refractivity contribution in [2.24, 2.45) is 0 Å². The molecule has 0 spiro atoms. The SMILES string of the molecule is CCC1(O)CCN(c2ncnc3ccc(O)cc23)CC1. The summed E-state index contributed by atoms with van der Waals surface area (Å²) in [5.41, 5.74) is 0.283. The van der Waals surface area contributed by atoms with Gasteiger partial charge in [0.15, 0.2) is 0 Å². The van der Waals surface area contributed by atoms with Crippen molar-refractivity contribution < 1.29 is 10.2 Å². The van der Waals surface area contributed by atoms with Gasteiger partial charge in [0.25, 0.3) is 0 Å². The van der Waals surface area contributed by atoms with Crippen LogP contribution >= 0.6 is 0 Å². The zero-order valence-electron chi connectivity index (χ0n) is 11.6. The average Bonchev–Trinajstić information content (AvgIpc) is 2.48. The van der Waals surface area contributed by atoms with E-state index in [9.17, 15) is 10.2 Å². The maximum absolute atomic E-state index is 10.3. The molecule has 3 rings (SSSR count). The molecule has 1 aromatic heterocycles. The number of benzene rings is 1. The van der Waals surface area contributed by atoms with Crippen LogP contribution in [0.2, 0.25) is 0 Å². The van der Waals surface area contributed by atoms with Gasteiger partial charge in [-0.3, -0.25) is 0 Å².